The normalized spacial score (nSPS) is 11.6. The number of sulfonamides is 1. The van der Waals surface area contributed by atoms with Gasteiger partial charge in [0.1, 0.15) is 10.0 Å². The molecule has 0 fully saturated rings. The van der Waals surface area contributed by atoms with Crippen LogP contribution in [0.2, 0.25) is 0 Å². The van der Waals surface area contributed by atoms with Crippen LogP contribution in [0.1, 0.15) is 5.56 Å². The van der Waals surface area contributed by atoms with Crippen molar-refractivity contribution in [2.45, 2.75) is 10.8 Å². The van der Waals surface area contributed by atoms with Crippen molar-refractivity contribution in [3.05, 3.63) is 45.2 Å². The van der Waals surface area contributed by atoms with Gasteiger partial charge < -0.3 is 5.11 Å². The molecule has 2 aromatic rings. The fourth-order valence-corrected chi connectivity index (χ4v) is 4.33. The summed E-state index contributed by atoms with van der Waals surface area (Å²) in [4.78, 5) is 0. The van der Waals surface area contributed by atoms with Crippen LogP contribution in [0.5, 0.6) is 0 Å². The highest BCUT2D eigenvalue weighted by Gasteiger charge is 2.21. The fraction of sp³-hybridized carbons (Fsp3) is 0.0909. The van der Waals surface area contributed by atoms with Crippen molar-refractivity contribution < 1.29 is 22.3 Å². The highest BCUT2D eigenvalue weighted by atomic mass is 79.9. The number of thiophene rings is 1. The van der Waals surface area contributed by atoms with E-state index in [0.717, 1.165) is 17.4 Å². The van der Waals surface area contributed by atoms with Crippen molar-refractivity contribution in [1.29, 1.82) is 0 Å². The van der Waals surface area contributed by atoms with Gasteiger partial charge in [0.05, 0.1) is 12.3 Å². The van der Waals surface area contributed by atoms with Crippen LogP contribution >= 0.6 is 27.3 Å². The van der Waals surface area contributed by atoms with Crippen molar-refractivity contribution in [3.63, 3.8) is 0 Å². The third-order valence-electron chi connectivity index (χ3n) is 2.32. The largest absolute Gasteiger partial charge is 0.392 e. The van der Waals surface area contributed by atoms with E-state index in [0.29, 0.717) is 11.6 Å². The zero-order chi connectivity index (χ0) is 14.9. The van der Waals surface area contributed by atoms with Gasteiger partial charge in [0.25, 0.3) is 10.0 Å². The Hall–Kier alpha value is -1.03. The molecule has 9 heteroatoms. The number of anilines is 1. The first-order valence-corrected chi connectivity index (χ1v) is 8.34. The molecule has 1 heterocycles. The van der Waals surface area contributed by atoms with Crippen LogP contribution in [-0.2, 0) is 16.6 Å². The molecule has 0 bridgehead atoms. The molecular weight excluding hydrogens is 376 g/mol. The summed E-state index contributed by atoms with van der Waals surface area (Å²) in [6.07, 6.45) is 0. The maximum absolute atomic E-state index is 13.6. The standard InChI is InChI=1S/C11H8BrF2NO3S2/c12-8-2-7(13)3-9(14)11(8)15-20(17,18)10-1-6(4-16)5-19-10/h1-3,5,15-16H,4H2. The maximum atomic E-state index is 13.6. The van der Waals surface area contributed by atoms with Crippen molar-refractivity contribution >= 4 is 43.0 Å². The Labute approximate surface area is 126 Å². The van der Waals surface area contributed by atoms with Gasteiger partial charge in [0.15, 0.2) is 5.82 Å². The Morgan fingerprint density at radius 2 is 2.00 bits per heavy atom. The van der Waals surface area contributed by atoms with E-state index in [9.17, 15) is 17.2 Å². The summed E-state index contributed by atoms with van der Waals surface area (Å²) in [6, 6.07) is 2.81. The molecule has 108 valence electrons. The van der Waals surface area contributed by atoms with Crippen LogP contribution in [0.15, 0.2) is 32.3 Å². The number of aliphatic hydroxyl groups excluding tert-OH is 1. The lowest BCUT2D eigenvalue weighted by Gasteiger charge is -2.09. The number of rotatable bonds is 4. The van der Waals surface area contributed by atoms with E-state index < -0.39 is 21.7 Å². The topological polar surface area (TPSA) is 66.4 Å². The van der Waals surface area contributed by atoms with Gasteiger partial charge >= 0.3 is 0 Å². The number of hydrogen-bond donors (Lipinski definition) is 2. The van der Waals surface area contributed by atoms with E-state index in [2.05, 4.69) is 15.9 Å². The molecule has 0 amide bonds. The fourth-order valence-electron chi connectivity index (χ4n) is 1.40. The molecule has 0 spiro atoms. The first-order chi connectivity index (χ1) is 9.33. The first-order valence-electron chi connectivity index (χ1n) is 5.19. The van der Waals surface area contributed by atoms with Gasteiger partial charge in [-0.3, -0.25) is 4.72 Å². The molecule has 0 aliphatic heterocycles. The van der Waals surface area contributed by atoms with E-state index >= 15 is 0 Å². The predicted octanol–water partition coefficient (Wildman–Crippen LogP) is 3.08. The van der Waals surface area contributed by atoms with Gasteiger partial charge in [-0.25, -0.2) is 17.2 Å². The Bertz CT molecular complexity index is 723. The Morgan fingerprint density at radius 1 is 1.30 bits per heavy atom. The number of benzene rings is 1. The van der Waals surface area contributed by atoms with Gasteiger partial charge in [0, 0.05) is 10.5 Å². The summed E-state index contributed by atoms with van der Waals surface area (Å²) >= 11 is 3.79. The monoisotopic (exact) mass is 383 g/mol. The minimum Gasteiger partial charge on any atom is -0.392 e. The number of hydrogen-bond acceptors (Lipinski definition) is 4. The lowest BCUT2D eigenvalue weighted by Crippen LogP contribution is -2.13. The zero-order valence-corrected chi connectivity index (χ0v) is 12.9. The summed E-state index contributed by atoms with van der Waals surface area (Å²) < 4.78 is 52.6. The molecule has 4 nitrogen and oxygen atoms in total. The predicted molar refractivity (Wildman–Crippen MR) is 75.1 cm³/mol. The van der Waals surface area contributed by atoms with Crippen molar-refractivity contribution in [2.75, 3.05) is 4.72 Å². The quantitative estimate of drug-likeness (QED) is 0.852. The summed E-state index contributed by atoms with van der Waals surface area (Å²) in [5.41, 5.74) is 0.0689. The van der Waals surface area contributed by atoms with Gasteiger partial charge in [-0.15, -0.1) is 11.3 Å². The van der Waals surface area contributed by atoms with E-state index in [-0.39, 0.29) is 21.0 Å². The van der Waals surface area contributed by atoms with Crippen LogP contribution < -0.4 is 4.72 Å². The van der Waals surface area contributed by atoms with Gasteiger partial charge in [-0.05, 0) is 39.0 Å². The van der Waals surface area contributed by atoms with E-state index in [4.69, 9.17) is 5.11 Å². The lowest BCUT2D eigenvalue weighted by atomic mass is 10.3. The van der Waals surface area contributed by atoms with Gasteiger partial charge in [-0.2, -0.15) is 0 Å². The molecule has 2 N–H and O–H groups in total. The van der Waals surface area contributed by atoms with E-state index in [1.54, 1.807) is 0 Å². The number of halogens is 3. The Kier molecular flexibility index (Phi) is 4.43. The van der Waals surface area contributed by atoms with Crippen LogP contribution in [-0.4, -0.2) is 13.5 Å². The maximum Gasteiger partial charge on any atom is 0.271 e. The summed E-state index contributed by atoms with van der Waals surface area (Å²) in [5, 5.41) is 10.4. The second-order valence-electron chi connectivity index (χ2n) is 3.78. The molecular formula is C11H8BrF2NO3S2. The first kappa shape index (κ1) is 15.4. The molecule has 20 heavy (non-hydrogen) atoms. The lowest BCUT2D eigenvalue weighted by molar-refractivity contribution is 0.282. The highest BCUT2D eigenvalue weighted by Crippen LogP contribution is 2.30. The average molecular weight is 384 g/mol. The van der Waals surface area contributed by atoms with Crippen molar-refractivity contribution in [2.24, 2.45) is 0 Å². The molecule has 0 radical (unpaired) electrons. The minimum absolute atomic E-state index is 0.0440. The van der Waals surface area contributed by atoms with Crippen LogP contribution in [0.3, 0.4) is 0 Å². The van der Waals surface area contributed by atoms with Crippen molar-refractivity contribution in [3.8, 4) is 0 Å². The van der Waals surface area contributed by atoms with Crippen LogP contribution in [0.4, 0.5) is 14.5 Å². The second-order valence-corrected chi connectivity index (χ2v) is 7.46. The molecule has 1 aromatic heterocycles. The third-order valence-corrected chi connectivity index (χ3v) is 5.78. The molecule has 0 unspecified atom stereocenters. The van der Waals surface area contributed by atoms with Crippen molar-refractivity contribution in [1.82, 2.24) is 0 Å². The Morgan fingerprint density at radius 3 is 2.55 bits per heavy atom. The summed E-state index contributed by atoms with van der Waals surface area (Å²) in [5.74, 6) is -1.85. The molecule has 2 rings (SSSR count). The highest BCUT2D eigenvalue weighted by molar-refractivity contribution is 9.10. The SMILES string of the molecule is O=S(=O)(Nc1c(F)cc(F)cc1Br)c1cc(CO)cs1. The second kappa shape index (κ2) is 5.76. The number of nitrogens with one attached hydrogen (secondary N) is 1. The average Bonchev–Trinajstić information content (AvgIpc) is 2.83. The molecule has 0 saturated heterocycles. The van der Waals surface area contributed by atoms with E-state index in [1.165, 1.54) is 11.4 Å². The van der Waals surface area contributed by atoms with Gasteiger partial charge in [-0.1, -0.05) is 0 Å². The molecule has 1 aromatic carbocycles. The zero-order valence-electron chi connectivity index (χ0n) is 9.73. The minimum atomic E-state index is -4.00. The van der Waals surface area contributed by atoms with E-state index in [1.807, 2.05) is 4.72 Å². The Balaban J connectivity index is 2.38. The number of aliphatic hydroxyl groups is 1. The molecule has 0 saturated carbocycles. The van der Waals surface area contributed by atoms with Crippen LogP contribution in [0, 0.1) is 11.6 Å². The smallest absolute Gasteiger partial charge is 0.271 e. The molecule has 0 aliphatic carbocycles. The third kappa shape index (κ3) is 3.17. The molecule has 0 atom stereocenters. The molecule has 0 aliphatic rings. The van der Waals surface area contributed by atoms with Gasteiger partial charge in [0.2, 0.25) is 0 Å². The summed E-state index contributed by atoms with van der Waals surface area (Å²) in [7, 11) is -4.00. The van der Waals surface area contributed by atoms with Crippen LogP contribution in [0.25, 0.3) is 0 Å². The summed E-state index contributed by atoms with van der Waals surface area (Å²) in [6.45, 7) is -0.291.